The van der Waals surface area contributed by atoms with Crippen LogP contribution in [0.2, 0.25) is 0 Å². The first kappa shape index (κ1) is 30.0. The van der Waals surface area contributed by atoms with E-state index >= 15 is 0 Å². The van der Waals surface area contributed by atoms with Crippen molar-refractivity contribution in [3.8, 4) is 28.5 Å². The van der Waals surface area contributed by atoms with Crippen LogP contribution in [0.3, 0.4) is 0 Å². The molecule has 0 amide bonds. The summed E-state index contributed by atoms with van der Waals surface area (Å²) in [5, 5.41) is 10.6. The third-order valence-electron chi connectivity index (χ3n) is 5.43. The van der Waals surface area contributed by atoms with E-state index in [9.17, 15) is 10.1 Å². The molecule has 0 aliphatic carbocycles. The van der Waals surface area contributed by atoms with Crippen LogP contribution in [0.15, 0.2) is 82.8 Å². The summed E-state index contributed by atoms with van der Waals surface area (Å²) < 4.78 is 12.3. The Morgan fingerprint density at radius 1 is 1.18 bits per heavy atom. The number of hydrogen-bond acceptors (Lipinski definition) is 7. The van der Waals surface area contributed by atoms with Crippen LogP contribution in [0, 0.1) is 11.3 Å². The molecule has 1 unspecified atom stereocenters. The van der Waals surface area contributed by atoms with Crippen molar-refractivity contribution in [1.82, 2.24) is 4.98 Å². The van der Waals surface area contributed by atoms with E-state index in [1.807, 2.05) is 60.7 Å². The number of nitrogens with zero attached hydrogens (tertiary/aromatic N) is 2. The molecule has 1 heterocycles. The summed E-state index contributed by atoms with van der Waals surface area (Å²) in [4.78, 5) is 17.6. The van der Waals surface area contributed by atoms with Crippen molar-refractivity contribution in [1.29, 1.82) is 5.26 Å². The summed E-state index contributed by atoms with van der Waals surface area (Å²) in [6.45, 7) is 6.55. The lowest BCUT2D eigenvalue weighted by molar-refractivity contribution is -0.147. The number of carbonyl (C=O) groups is 1. The number of thioether (sulfide) groups is 2. The highest BCUT2D eigenvalue weighted by molar-refractivity contribution is 9.10. The standard InChI is InChI=1S/C30H31BrN2O3S2/c1-3-5-16-37-20-25(19-35-15-4-2)36-29(34)21-38-30-27(18-32)26(22-9-7-6-8-10-22)17-28(33-30)23-11-13-24(31)14-12-23/h4,6-14,17,25H,2-3,5,15-16,19-21H2,1H3. The lowest BCUT2D eigenvalue weighted by Gasteiger charge is -2.18. The van der Waals surface area contributed by atoms with Gasteiger partial charge in [-0.1, -0.05) is 89.6 Å². The van der Waals surface area contributed by atoms with Crippen LogP contribution in [0.25, 0.3) is 22.4 Å². The molecule has 0 N–H and O–H groups in total. The van der Waals surface area contributed by atoms with Crippen molar-refractivity contribution in [2.45, 2.75) is 30.9 Å². The van der Waals surface area contributed by atoms with E-state index in [-0.39, 0.29) is 17.8 Å². The maximum Gasteiger partial charge on any atom is 0.316 e. The van der Waals surface area contributed by atoms with E-state index in [2.05, 4.69) is 35.5 Å². The molecule has 0 saturated carbocycles. The molecule has 0 aliphatic rings. The highest BCUT2D eigenvalue weighted by atomic mass is 79.9. The molecule has 198 valence electrons. The van der Waals surface area contributed by atoms with Crippen LogP contribution in [-0.2, 0) is 14.3 Å². The molecule has 0 aliphatic heterocycles. The Balaban J connectivity index is 1.81. The number of halogens is 1. The Morgan fingerprint density at radius 2 is 1.95 bits per heavy atom. The van der Waals surface area contributed by atoms with Gasteiger partial charge < -0.3 is 9.47 Å². The Kier molecular flexibility index (Phi) is 12.9. The number of carbonyl (C=O) groups excluding carboxylic acids is 1. The van der Waals surface area contributed by atoms with Gasteiger partial charge in [0.1, 0.15) is 17.2 Å². The Hall–Kier alpha value is -2.57. The van der Waals surface area contributed by atoms with Gasteiger partial charge in [0.2, 0.25) is 0 Å². The smallest absolute Gasteiger partial charge is 0.316 e. The van der Waals surface area contributed by atoms with Gasteiger partial charge in [-0.05, 0) is 35.9 Å². The van der Waals surface area contributed by atoms with Crippen LogP contribution in [0.5, 0.6) is 0 Å². The van der Waals surface area contributed by atoms with Gasteiger partial charge in [-0.3, -0.25) is 4.79 Å². The number of esters is 1. The van der Waals surface area contributed by atoms with Crippen LogP contribution in [0.1, 0.15) is 25.3 Å². The molecule has 0 bridgehead atoms. The Bertz CT molecular complexity index is 1230. The molecule has 3 aromatic rings. The topological polar surface area (TPSA) is 72.2 Å². The minimum atomic E-state index is -0.362. The van der Waals surface area contributed by atoms with Crippen LogP contribution < -0.4 is 0 Å². The molecule has 0 saturated heterocycles. The zero-order chi connectivity index (χ0) is 27.2. The first-order chi connectivity index (χ1) is 18.5. The molecule has 3 rings (SSSR count). The number of hydrogen-bond donors (Lipinski definition) is 0. The van der Waals surface area contributed by atoms with E-state index in [1.54, 1.807) is 17.8 Å². The van der Waals surface area contributed by atoms with E-state index < -0.39 is 0 Å². The molecule has 1 atom stereocenters. The van der Waals surface area contributed by atoms with Crippen molar-refractivity contribution < 1.29 is 14.3 Å². The third kappa shape index (κ3) is 9.32. The second-order valence-electron chi connectivity index (χ2n) is 8.38. The Labute approximate surface area is 242 Å². The summed E-state index contributed by atoms with van der Waals surface area (Å²) in [5.41, 5.74) is 3.78. The number of rotatable bonds is 15. The molecule has 38 heavy (non-hydrogen) atoms. The molecule has 0 radical (unpaired) electrons. The summed E-state index contributed by atoms with van der Waals surface area (Å²) in [6, 6.07) is 21.8. The highest BCUT2D eigenvalue weighted by Crippen LogP contribution is 2.34. The molecule has 2 aromatic carbocycles. The SMILES string of the molecule is C=CCOCC(CSCCCC)OC(=O)CSc1nc(-c2ccc(Br)cc2)cc(-c2ccccc2)c1C#N. The van der Waals surface area contributed by atoms with Crippen LogP contribution in [-0.4, -0.2) is 47.5 Å². The number of aromatic nitrogens is 1. The molecule has 8 heteroatoms. The first-order valence-electron chi connectivity index (χ1n) is 12.4. The minimum absolute atomic E-state index is 0.0390. The molecule has 0 fully saturated rings. The van der Waals surface area contributed by atoms with Crippen LogP contribution in [0.4, 0.5) is 0 Å². The largest absolute Gasteiger partial charge is 0.458 e. The van der Waals surface area contributed by atoms with E-state index in [0.29, 0.717) is 29.6 Å². The normalized spacial score (nSPS) is 11.5. The summed E-state index contributed by atoms with van der Waals surface area (Å²) in [7, 11) is 0. The summed E-state index contributed by atoms with van der Waals surface area (Å²) in [6.07, 6.45) is 3.58. The van der Waals surface area contributed by atoms with Crippen molar-refractivity contribution in [2.75, 3.05) is 30.5 Å². The molecule has 0 spiro atoms. The maximum atomic E-state index is 12.9. The number of pyridine rings is 1. The average Bonchev–Trinajstić information content (AvgIpc) is 2.94. The lowest BCUT2D eigenvalue weighted by atomic mass is 9.99. The van der Waals surface area contributed by atoms with Crippen molar-refractivity contribution in [2.24, 2.45) is 0 Å². The van der Waals surface area contributed by atoms with E-state index in [0.717, 1.165) is 45.5 Å². The zero-order valence-corrected chi connectivity index (χ0v) is 24.6. The van der Waals surface area contributed by atoms with Gasteiger partial charge in [0, 0.05) is 21.4 Å². The lowest BCUT2D eigenvalue weighted by Crippen LogP contribution is -2.27. The van der Waals surface area contributed by atoms with Gasteiger partial charge in [-0.25, -0.2) is 4.98 Å². The summed E-state index contributed by atoms with van der Waals surface area (Å²) in [5.74, 6) is 1.37. The molecular formula is C30H31BrN2O3S2. The summed E-state index contributed by atoms with van der Waals surface area (Å²) >= 11 is 6.46. The van der Waals surface area contributed by atoms with Gasteiger partial charge in [-0.15, -0.1) is 6.58 Å². The van der Waals surface area contributed by atoms with Gasteiger partial charge in [0.15, 0.2) is 0 Å². The van der Waals surface area contributed by atoms with E-state index in [1.165, 1.54) is 11.8 Å². The molecule has 5 nitrogen and oxygen atoms in total. The van der Waals surface area contributed by atoms with Gasteiger partial charge in [0.25, 0.3) is 0 Å². The fourth-order valence-electron chi connectivity index (χ4n) is 3.56. The minimum Gasteiger partial charge on any atom is -0.458 e. The zero-order valence-electron chi connectivity index (χ0n) is 21.4. The van der Waals surface area contributed by atoms with Gasteiger partial charge in [-0.2, -0.15) is 17.0 Å². The number of nitriles is 1. The first-order valence-corrected chi connectivity index (χ1v) is 15.3. The van der Waals surface area contributed by atoms with Gasteiger partial charge in [0.05, 0.1) is 30.2 Å². The molecular weight excluding hydrogens is 580 g/mol. The van der Waals surface area contributed by atoms with Gasteiger partial charge >= 0.3 is 5.97 Å². The van der Waals surface area contributed by atoms with E-state index in [4.69, 9.17) is 14.5 Å². The molecule has 1 aromatic heterocycles. The third-order valence-corrected chi connectivity index (χ3v) is 8.10. The number of benzene rings is 2. The highest BCUT2D eigenvalue weighted by Gasteiger charge is 2.19. The fourth-order valence-corrected chi connectivity index (χ4v) is 5.69. The quantitative estimate of drug-likeness (QED) is 0.0752. The van der Waals surface area contributed by atoms with Crippen molar-refractivity contribution >= 4 is 45.4 Å². The number of unbranched alkanes of at least 4 members (excludes halogenated alkanes) is 1. The fraction of sp³-hybridized carbons (Fsp3) is 0.300. The van der Waals surface area contributed by atoms with Crippen LogP contribution >= 0.6 is 39.5 Å². The average molecular weight is 612 g/mol. The van der Waals surface area contributed by atoms with Crippen molar-refractivity contribution in [3.05, 3.63) is 83.4 Å². The predicted octanol–water partition coefficient (Wildman–Crippen LogP) is 7.79. The van der Waals surface area contributed by atoms with Crippen molar-refractivity contribution in [3.63, 3.8) is 0 Å². The second kappa shape index (κ2) is 16.4. The Morgan fingerprint density at radius 3 is 2.63 bits per heavy atom. The maximum absolute atomic E-state index is 12.9. The predicted molar refractivity (Wildman–Crippen MR) is 161 cm³/mol. The number of ether oxygens (including phenoxy) is 2. The second-order valence-corrected chi connectivity index (χ2v) is 11.4. The monoisotopic (exact) mass is 610 g/mol.